The minimum Gasteiger partial charge on any atom is -0.460 e. The summed E-state index contributed by atoms with van der Waals surface area (Å²) in [7, 11) is 0. The molecule has 0 amide bonds. The second-order valence-corrected chi connectivity index (χ2v) is 5.74. The maximum absolute atomic E-state index is 11.4. The first-order chi connectivity index (χ1) is 8.10. The third-order valence-corrected chi connectivity index (χ3v) is 1.88. The van der Waals surface area contributed by atoms with Crippen LogP contribution in [0.5, 0.6) is 0 Å². The van der Waals surface area contributed by atoms with Crippen LogP contribution in [0.1, 0.15) is 48.0 Å². The lowest BCUT2D eigenvalue weighted by molar-refractivity contribution is -0.149. The third kappa shape index (κ3) is 9.87. The highest BCUT2D eigenvalue weighted by Gasteiger charge is 2.14. The van der Waals surface area contributed by atoms with Gasteiger partial charge < -0.3 is 9.47 Å². The summed E-state index contributed by atoms with van der Waals surface area (Å²) in [5.74, 6) is -0.604. The van der Waals surface area contributed by atoms with Gasteiger partial charge in [0, 0.05) is 12.2 Å². The predicted octanol–water partition coefficient (Wildman–Crippen LogP) is 2.86. The van der Waals surface area contributed by atoms with Gasteiger partial charge in [0.15, 0.2) is 0 Å². The van der Waals surface area contributed by atoms with Gasteiger partial charge in [0.05, 0.1) is 6.10 Å². The highest BCUT2D eigenvalue weighted by Crippen LogP contribution is 2.09. The molecule has 0 aliphatic rings. The molecule has 1 atom stereocenters. The standard InChI is InChI=1S/C14H24O4/c1-10(2)9-11(3)17-12(15)7-8-13(16)18-14(4,5)6/h7-8,10-11H,9H2,1-6H3/b8-7+. The number of hydrogen-bond donors (Lipinski definition) is 0. The largest absolute Gasteiger partial charge is 0.460 e. The Morgan fingerprint density at radius 1 is 1.06 bits per heavy atom. The molecule has 104 valence electrons. The third-order valence-electron chi connectivity index (χ3n) is 1.88. The molecular formula is C14H24O4. The van der Waals surface area contributed by atoms with E-state index in [-0.39, 0.29) is 6.10 Å². The first kappa shape index (κ1) is 16.7. The van der Waals surface area contributed by atoms with Crippen LogP contribution in [0.4, 0.5) is 0 Å². The van der Waals surface area contributed by atoms with Gasteiger partial charge in [0.25, 0.3) is 0 Å². The lowest BCUT2D eigenvalue weighted by Crippen LogP contribution is -2.23. The zero-order valence-electron chi connectivity index (χ0n) is 12.1. The second-order valence-electron chi connectivity index (χ2n) is 5.74. The smallest absolute Gasteiger partial charge is 0.331 e. The van der Waals surface area contributed by atoms with E-state index in [0.717, 1.165) is 18.6 Å². The number of rotatable bonds is 5. The van der Waals surface area contributed by atoms with Crippen molar-refractivity contribution in [1.29, 1.82) is 0 Å². The maximum Gasteiger partial charge on any atom is 0.331 e. The van der Waals surface area contributed by atoms with E-state index < -0.39 is 17.5 Å². The van der Waals surface area contributed by atoms with E-state index in [1.807, 2.05) is 6.92 Å². The summed E-state index contributed by atoms with van der Waals surface area (Å²) in [5.41, 5.74) is -0.559. The number of carbonyl (C=O) groups is 2. The molecule has 0 rings (SSSR count). The fourth-order valence-electron chi connectivity index (χ4n) is 1.42. The highest BCUT2D eigenvalue weighted by molar-refractivity contribution is 5.91. The molecule has 4 nitrogen and oxygen atoms in total. The molecule has 0 fully saturated rings. The molecule has 0 N–H and O–H groups in total. The second kappa shape index (κ2) is 7.19. The van der Waals surface area contributed by atoms with Gasteiger partial charge in [-0.2, -0.15) is 0 Å². The molecule has 1 unspecified atom stereocenters. The summed E-state index contributed by atoms with van der Waals surface area (Å²) in [6.07, 6.45) is 2.84. The Hall–Kier alpha value is -1.32. The summed E-state index contributed by atoms with van der Waals surface area (Å²) in [5, 5.41) is 0. The van der Waals surface area contributed by atoms with Crippen molar-refractivity contribution < 1.29 is 19.1 Å². The van der Waals surface area contributed by atoms with E-state index in [1.165, 1.54) is 0 Å². The summed E-state index contributed by atoms with van der Waals surface area (Å²) in [4.78, 5) is 22.7. The molecule has 0 aromatic carbocycles. The van der Waals surface area contributed by atoms with Gasteiger partial charge in [-0.05, 0) is 40.0 Å². The monoisotopic (exact) mass is 256 g/mol. The quantitative estimate of drug-likeness (QED) is 0.560. The zero-order chi connectivity index (χ0) is 14.3. The molecule has 0 bridgehead atoms. The van der Waals surface area contributed by atoms with Crippen LogP contribution in [0.15, 0.2) is 12.2 Å². The van der Waals surface area contributed by atoms with Gasteiger partial charge in [-0.1, -0.05) is 13.8 Å². The van der Waals surface area contributed by atoms with Gasteiger partial charge in [-0.15, -0.1) is 0 Å². The first-order valence-electron chi connectivity index (χ1n) is 6.22. The average molecular weight is 256 g/mol. The van der Waals surface area contributed by atoms with Crippen molar-refractivity contribution in [2.24, 2.45) is 5.92 Å². The lowest BCUT2D eigenvalue weighted by Gasteiger charge is -2.18. The SMILES string of the molecule is CC(C)CC(C)OC(=O)/C=C/C(=O)OC(C)(C)C. The summed E-state index contributed by atoms with van der Waals surface area (Å²) in [6, 6.07) is 0. The molecule has 0 radical (unpaired) electrons. The fourth-order valence-corrected chi connectivity index (χ4v) is 1.42. The Bertz CT molecular complexity index is 310. The van der Waals surface area contributed by atoms with E-state index in [9.17, 15) is 9.59 Å². The van der Waals surface area contributed by atoms with Gasteiger partial charge >= 0.3 is 11.9 Å². The molecule has 0 heterocycles. The van der Waals surface area contributed by atoms with Crippen LogP contribution in [0.25, 0.3) is 0 Å². The molecule has 0 aromatic heterocycles. The lowest BCUT2D eigenvalue weighted by atomic mass is 10.1. The Labute approximate surface area is 109 Å². The van der Waals surface area contributed by atoms with Gasteiger partial charge in [0.2, 0.25) is 0 Å². The van der Waals surface area contributed by atoms with Crippen LogP contribution in [-0.2, 0) is 19.1 Å². The van der Waals surface area contributed by atoms with Gasteiger partial charge in [-0.3, -0.25) is 0 Å². The highest BCUT2D eigenvalue weighted by atomic mass is 16.6. The van der Waals surface area contributed by atoms with Crippen molar-refractivity contribution in [3.63, 3.8) is 0 Å². The Balaban J connectivity index is 4.12. The van der Waals surface area contributed by atoms with E-state index >= 15 is 0 Å². The minimum absolute atomic E-state index is 0.152. The summed E-state index contributed by atoms with van der Waals surface area (Å²) in [6.45, 7) is 11.2. The summed E-state index contributed by atoms with van der Waals surface area (Å²) >= 11 is 0. The fraction of sp³-hybridized carbons (Fsp3) is 0.714. The molecule has 18 heavy (non-hydrogen) atoms. The van der Waals surface area contributed by atoms with Crippen molar-refractivity contribution in [3.05, 3.63) is 12.2 Å². The molecule has 0 aromatic rings. The van der Waals surface area contributed by atoms with E-state index in [0.29, 0.717) is 5.92 Å². The molecular weight excluding hydrogens is 232 g/mol. The zero-order valence-corrected chi connectivity index (χ0v) is 12.1. The molecule has 0 spiro atoms. The van der Waals surface area contributed by atoms with E-state index in [2.05, 4.69) is 13.8 Å². The van der Waals surface area contributed by atoms with Crippen molar-refractivity contribution in [1.82, 2.24) is 0 Å². The minimum atomic E-state index is -0.559. The van der Waals surface area contributed by atoms with Crippen molar-refractivity contribution in [3.8, 4) is 0 Å². The average Bonchev–Trinajstić information content (AvgIpc) is 2.10. The van der Waals surface area contributed by atoms with Crippen molar-refractivity contribution in [2.45, 2.75) is 59.7 Å². The molecule has 4 heteroatoms. The number of ether oxygens (including phenoxy) is 2. The van der Waals surface area contributed by atoms with E-state index in [1.54, 1.807) is 20.8 Å². The normalized spacial score (nSPS) is 13.7. The van der Waals surface area contributed by atoms with Crippen molar-refractivity contribution >= 4 is 11.9 Å². The molecule has 0 aliphatic heterocycles. The predicted molar refractivity (Wildman–Crippen MR) is 70.0 cm³/mol. The number of carbonyl (C=O) groups excluding carboxylic acids is 2. The molecule has 0 saturated carbocycles. The first-order valence-corrected chi connectivity index (χ1v) is 6.22. The van der Waals surface area contributed by atoms with Crippen LogP contribution in [-0.4, -0.2) is 23.6 Å². The topological polar surface area (TPSA) is 52.6 Å². The number of esters is 2. The van der Waals surface area contributed by atoms with Crippen LogP contribution in [0.2, 0.25) is 0 Å². The Kier molecular flexibility index (Phi) is 6.66. The van der Waals surface area contributed by atoms with Crippen molar-refractivity contribution in [2.75, 3.05) is 0 Å². The van der Waals surface area contributed by atoms with Crippen LogP contribution in [0, 0.1) is 5.92 Å². The van der Waals surface area contributed by atoms with E-state index in [4.69, 9.17) is 9.47 Å². The van der Waals surface area contributed by atoms with Crippen LogP contribution in [0.3, 0.4) is 0 Å². The van der Waals surface area contributed by atoms with Gasteiger partial charge in [-0.25, -0.2) is 9.59 Å². The molecule has 0 aliphatic carbocycles. The summed E-state index contributed by atoms with van der Waals surface area (Å²) < 4.78 is 10.1. The van der Waals surface area contributed by atoms with Gasteiger partial charge in [0.1, 0.15) is 5.60 Å². The van der Waals surface area contributed by atoms with Crippen LogP contribution < -0.4 is 0 Å². The maximum atomic E-state index is 11.4. The Morgan fingerprint density at radius 3 is 2.00 bits per heavy atom. The van der Waals surface area contributed by atoms with Crippen LogP contribution >= 0.6 is 0 Å². The number of hydrogen-bond acceptors (Lipinski definition) is 4. The molecule has 0 saturated heterocycles. The Morgan fingerprint density at radius 2 is 1.56 bits per heavy atom.